The largest absolute Gasteiger partial charge is 0.481 e. The van der Waals surface area contributed by atoms with Crippen LogP contribution in [0, 0.1) is 10.1 Å². The number of rotatable bonds is 5. The number of nitro benzene ring substituents is 1. The van der Waals surface area contributed by atoms with Crippen molar-refractivity contribution < 1.29 is 24.3 Å². The van der Waals surface area contributed by atoms with E-state index in [1.807, 2.05) is 0 Å². The highest BCUT2D eigenvalue weighted by molar-refractivity contribution is 6.30. The molecule has 0 aliphatic carbocycles. The van der Waals surface area contributed by atoms with Crippen LogP contribution in [0.3, 0.4) is 0 Å². The Morgan fingerprint density at radius 3 is 2.50 bits per heavy atom. The molecule has 0 saturated carbocycles. The van der Waals surface area contributed by atoms with Gasteiger partial charge in [-0.25, -0.2) is 0 Å². The van der Waals surface area contributed by atoms with Crippen molar-refractivity contribution in [2.75, 3.05) is 0 Å². The van der Waals surface area contributed by atoms with Gasteiger partial charge in [0.05, 0.1) is 23.9 Å². The number of benzene rings is 1. The standard InChI is InChI=1S/C14H12ClNO6/c15-11-3-4-12(16(19)20)10(7-11)8-14(9-13(17)18)21-5-1-2-6-22-14/h1-7H,8-9H2,(H,17,18). The van der Waals surface area contributed by atoms with Crippen molar-refractivity contribution >= 4 is 23.3 Å². The molecule has 0 bridgehead atoms. The average Bonchev–Trinajstić information content (AvgIpc) is 2.63. The molecule has 0 spiro atoms. The van der Waals surface area contributed by atoms with E-state index in [1.165, 1.54) is 42.9 Å². The molecule has 1 aliphatic rings. The number of halogens is 1. The van der Waals surface area contributed by atoms with Gasteiger partial charge in [0, 0.05) is 16.7 Å². The van der Waals surface area contributed by atoms with E-state index in [1.54, 1.807) is 0 Å². The monoisotopic (exact) mass is 325 g/mol. The van der Waals surface area contributed by atoms with Crippen molar-refractivity contribution in [2.24, 2.45) is 0 Å². The van der Waals surface area contributed by atoms with Gasteiger partial charge in [0.15, 0.2) is 0 Å². The van der Waals surface area contributed by atoms with Crippen LogP contribution in [0.15, 0.2) is 42.9 Å². The SMILES string of the molecule is O=C(O)CC1(Cc2cc(Cl)ccc2[N+](=O)[O-])OC=CC=CO1. The first-order valence-corrected chi connectivity index (χ1v) is 6.62. The van der Waals surface area contributed by atoms with Crippen molar-refractivity contribution in [3.63, 3.8) is 0 Å². The molecule has 1 N–H and O–H groups in total. The van der Waals surface area contributed by atoms with Crippen molar-refractivity contribution in [3.05, 3.63) is 63.6 Å². The molecule has 1 aromatic rings. The van der Waals surface area contributed by atoms with Crippen molar-refractivity contribution in [3.8, 4) is 0 Å². The molecule has 0 saturated heterocycles. The molecule has 0 aromatic heterocycles. The highest BCUT2D eigenvalue weighted by Gasteiger charge is 2.38. The normalized spacial score (nSPS) is 15.5. The van der Waals surface area contributed by atoms with E-state index in [-0.39, 0.29) is 17.7 Å². The summed E-state index contributed by atoms with van der Waals surface area (Å²) >= 11 is 5.87. The molecule has 0 radical (unpaired) electrons. The lowest BCUT2D eigenvalue weighted by molar-refractivity contribution is -0.386. The number of hydrogen-bond acceptors (Lipinski definition) is 5. The van der Waals surface area contributed by atoms with Crippen LogP contribution in [0.2, 0.25) is 5.02 Å². The topological polar surface area (TPSA) is 98.9 Å². The molecule has 116 valence electrons. The van der Waals surface area contributed by atoms with Crippen LogP contribution in [0.4, 0.5) is 5.69 Å². The molecule has 0 atom stereocenters. The van der Waals surface area contributed by atoms with E-state index in [9.17, 15) is 14.9 Å². The molecule has 0 amide bonds. The van der Waals surface area contributed by atoms with Gasteiger partial charge in [-0.2, -0.15) is 0 Å². The van der Waals surface area contributed by atoms with E-state index >= 15 is 0 Å². The van der Waals surface area contributed by atoms with Gasteiger partial charge in [0.2, 0.25) is 0 Å². The maximum Gasteiger partial charge on any atom is 0.311 e. The van der Waals surface area contributed by atoms with Gasteiger partial charge in [-0.3, -0.25) is 14.9 Å². The molecule has 1 heterocycles. The van der Waals surface area contributed by atoms with Crippen LogP contribution < -0.4 is 0 Å². The zero-order valence-corrected chi connectivity index (χ0v) is 12.0. The van der Waals surface area contributed by atoms with Crippen LogP contribution in [-0.4, -0.2) is 21.8 Å². The summed E-state index contributed by atoms with van der Waals surface area (Å²) in [6.45, 7) is 0. The number of ether oxygens (including phenoxy) is 2. The maximum absolute atomic E-state index is 11.1. The number of aliphatic carboxylic acids is 1. The van der Waals surface area contributed by atoms with Gasteiger partial charge in [-0.05, 0) is 24.3 Å². The third-order valence-electron chi connectivity index (χ3n) is 2.95. The van der Waals surface area contributed by atoms with Gasteiger partial charge >= 0.3 is 5.97 Å². The van der Waals surface area contributed by atoms with Gasteiger partial charge in [0.1, 0.15) is 6.42 Å². The van der Waals surface area contributed by atoms with Crippen LogP contribution in [0.5, 0.6) is 0 Å². The van der Waals surface area contributed by atoms with E-state index in [4.69, 9.17) is 26.2 Å². The van der Waals surface area contributed by atoms with Gasteiger partial charge < -0.3 is 14.6 Å². The molecular weight excluding hydrogens is 314 g/mol. The Balaban J connectivity index is 2.41. The third kappa shape index (κ3) is 3.76. The van der Waals surface area contributed by atoms with Crippen LogP contribution >= 0.6 is 11.6 Å². The lowest BCUT2D eigenvalue weighted by Crippen LogP contribution is -2.38. The molecular formula is C14H12ClNO6. The molecule has 2 rings (SSSR count). The summed E-state index contributed by atoms with van der Waals surface area (Å²) in [4.78, 5) is 21.6. The molecule has 1 aliphatic heterocycles. The Morgan fingerprint density at radius 2 is 1.95 bits per heavy atom. The quantitative estimate of drug-likeness (QED) is 0.660. The minimum Gasteiger partial charge on any atom is -0.481 e. The minimum atomic E-state index is -1.58. The number of allylic oxidation sites excluding steroid dienone is 2. The highest BCUT2D eigenvalue weighted by Crippen LogP contribution is 2.32. The fourth-order valence-corrected chi connectivity index (χ4v) is 2.26. The fraction of sp³-hybridized carbons (Fsp3) is 0.214. The number of nitrogens with zero attached hydrogens (tertiary/aromatic N) is 1. The van der Waals surface area contributed by atoms with E-state index in [0.29, 0.717) is 5.02 Å². The summed E-state index contributed by atoms with van der Waals surface area (Å²) in [5, 5.41) is 20.5. The van der Waals surface area contributed by atoms with Gasteiger partial charge in [0.25, 0.3) is 11.5 Å². The Bertz CT molecular complexity index is 641. The number of carboxylic acid groups (broad SMARTS) is 1. The molecule has 8 heteroatoms. The number of hydrogen-bond donors (Lipinski definition) is 1. The Hall–Kier alpha value is -2.54. The molecule has 1 aromatic carbocycles. The first kappa shape index (κ1) is 15.8. The van der Waals surface area contributed by atoms with Crippen molar-refractivity contribution in [1.82, 2.24) is 0 Å². The Labute approximate surface area is 130 Å². The zero-order valence-electron chi connectivity index (χ0n) is 11.3. The van der Waals surface area contributed by atoms with E-state index in [0.717, 1.165) is 0 Å². The smallest absolute Gasteiger partial charge is 0.311 e. The molecule has 0 unspecified atom stereocenters. The van der Waals surface area contributed by atoms with Crippen LogP contribution in [0.25, 0.3) is 0 Å². The number of carbonyl (C=O) groups is 1. The first-order chi connectivity index (χ1) is 10.4. The lowest BCUT2D eigenvalue weighted by atomic mass is 10.00. The second kappa shape index (κ2) is 6.48. The second-order valence-electron chi connectivity index (χ2n) is 4.58. The van der Waals surface area contributed by atoms with Gasteiger partial charge in [-0.15, -0.1) is 0 Å². The highest BCUT2D eigenvalue weighted by atomic mass is 35.5. The van der Waals surface area contributed by atoms with Gasteiger partial charge in [-0.1, -0.05) is 11.6 Å². The van der Waals surface area contributed by atoms with Crippen LogP contribution in [0.1, 0.15) is 12.0 Å². The summed E-state index contributed by atoms with van der Waals surface area (Å²) in [6.07, 6.45) is 4.97. The second-order valence-corrected chi connectivity index (χ2v) is 5.02. The summed E-state index contributed by atoms with van der Waals surface area (Å²) in [5.41, 5.74) is 0.0426. The Morgan fingerprint density at radius 1 is 1.32 bits per heavy atom. The summed E-state index contributed by atoms with van der Waals surface area (Å²) in [7, 11) is 0. The first-order valence-electron chi connectivity index (χ1n) is 6.24. The summed E-state index contributed by atoms with van der Waals surface area (Å²) in [6, 6.07) is 4.05. The molecule has 0 fully saturated rings. The lowest BCUT2D eigenvalue weighted by Gasteiger charge is -2.30. The summed E-state index contributed by atoms with van der Waals surface area (Å²) in [5.74, 6) is -2.74. The zero-order chi connectivity index (χ0) is 16.2. The van der Waals surface area contributed by atoms with Crippen molar-refractivity contribution in [1.29, 1.82) is 0 Å². The van der Waals surface area contributed by atoms with Crippen molar-refractivity contribution in [2.45, 2.75) is 18.6 Å². The number of carboxylic acids is 1. The predicted octanol–water partition coefficient (Wildman–Crippen LogP) is 3.04. The van der Waals surface area contributed by atoms with Crippen LogP contribution in [-0.2, 0) is 20.7 Å². The minimum absolute atomic E-state index is 0.148. The third-order valence-corrected chi connectivity index (χ3v) is 3.19. The van der Waals surface area contributed by atoms with E-state index in [2.05, 4.69) is 0 Å². The summed E-state index contributed by atoms with van der Waals surface area (Å²) < 4.78 is 10.7. The Kier molecular flexibility index (Phi) is 4.67. The molecule has 22 heavy (non-hydrogen) atoms. The fourth-order valence-electron chi connectivity index (χ4n) is 2.07. The maximum atomic E-state index is 11.1. The molecule has 7 nitrogen and oxygen atoms in total. The van der Waals surface area contributed by atoms with E-state index < -0.39 is 23.1 Å². The number of nitro groups is 1. The average molecular weight is 326 g/mol. The predicted molar refractivity (Wildman–Crippen MR) is 77.2 cm³/mol.